The second-order valence-electron chi connectivity index (χ2n) is 5.54. The molecule has 0 saturated carbocycles. The van der Waals surface area contributed by atoms with E-state index in [-0.39, 0.29) is 5.57 Å². The van der Waals surface area contributed by atoms with Gasteiger partial charge in [-0.05, 0) is 36.4 Å². The number of nitrogens with one attached hydrogen (secondary N) is 2. The molecule has 28 heavy (non-hydrogen) atoms. The third kappa shape index (κ3) is 5.46. The molecule has 138 valence electrons. The summed E-state index contributed by atoms with van der Waals surface area (Å²) >= 11 is 4.89. The fourth-order valence-corrected chi connectivity index (χ4v) is 3.50. The fraction of sp³-hybridized carbons (Fsp3) is 0. The number of nitrogens with zero attached hydrogens (tertiary/aromatic N) is 2. The van der Waals surface area contributed by atoms with Gasteiger partial charge in [-0.3, -0.25) is 4.79 Å². The van der Waals surface area contributed by atoms with Crippen LogP contribution in [0.5, 0.6) is 0 Å². The molecule has 0 atom stereocenters. The number of hydrogen-bond acceptors (Lipinski definition) is 5. The molecule has 0 fully saturated rings. The zero-order chi connectivity index (χ0) is 19.8. The Morgan fingerprint density at radius 3 is 2.61 bits per heavy atom. The largest absolute Gasteiger partial charge is 0.345 e. The van der Waals surface area contributed by atoms with Crippen molar-refractivity contribution in [3.63, 3.8) is 0 Å². The minimum Gasteiger partial charge on any atom is -0.345 e. The highest BCUT2D eigenvalue weighted by Crippen LogP contribution is 2.33. The van der Waals surface area contributed by atoms with Gasteiger partial charge in [-0.25, -0.2) is 4.98 Å². The van der Waals surface area contributed by atoms with Gasteiger partial charge in [0.05, 0.1) is 5.69 Å². The van der Waals surface area contributed by atoms with Gasteiger partial charge >= 0.3 is 0 Å². The zero-order valence-electron chi connectivity index (χ0n) is 14.6. The number of anilines is 2. The number of carbonyl (C=O) groups is 1. The maximum absolute atomic E-state index is 12.6. The minimum absolute atomic E-state index is 0.0544. The molecule has 2 N–H and O–H groups in total. The van der Waals surface area contributed by atoms with Crippen molar-refractivity contribution in [1.29, 1.82) is 5.26 Å². The van der Waals surface area contributed by atoms with E-state index in [1.54, 1.807) is 18.3 Å². The SMILES string of the molecule is N#C/C(=C/Nc1cc(Br)ccn1)C(=O)Nc1ccccc1Sc1ccccc1. The van der Waals surface area contributed by atoms with Gasteiger partial charge in [0.2, 0.25) is 0 Å². The summed E-state index contributed by atoms with van der Waals surface area (Å²) in [6, 6.07) is 22.8. The lowest BCUT2D eigenvalue weighted by Crippen LogP contribution is -2.15. The fourth-order valence-electron chi connectivity index (χ4n) is 2.24. The number of halogens is 1. The van der Waals surface area contributed by atoms with Crippen molar-refractivity contribution < 1.29 is 4.79 Å². The lowest BCUT2D eigenvalue weighted by Gasteiger charge is -2.10. The molecule has 2 aromatic carbocycles. The van der Waals surface area contributed by atoms with Crippen molar-refractivity contribution in [2.24, 2.45) is 0 Å². The Kier molecular flexibility index (Phi) is 6.84. The monoisotopic (exact) mass is 450 g/mol. The van der Waals surface area contributed by atoms with Crippen LogP contribution in [0, 0.1) is 11.3 Å². The molecule has 0 aliphatic rings. The molecule has 7 heteroatoms. The number of benzene rings is 2. The van der Waals surface area contributed by atoms with E-state index in [2.05, 4.69) is 31.5 Å². The van der Waals surface area contributed by atoms with Gasteiger partial charge < -0.3 is 10.6 Å². The number of hydrogen-bond donors (Lipinski definition) is 2. The first-order valence-corrected chi connectivity index (χ1v) is 9.88. The second-order valence-corrected chi connectivity index (χ2v) is 7.57. The third-order valence-electron chi connectivity index (χ3n) is 3.56. The van der Waals surface area contributed by atoms with Crippen molar-refractivity contribution in [3.8, 4) is 6.07 Å². The Morgan fingerprint density at radius 2 is 1.86 bits per heavy atom. The Morgan fingerprint density at radius 1 is 1.11 bits per heavy atom. The normalized spacial score (nSPS) is 10.8. The van der Waals surface area contributed by atoms with Crippen LogP contribution in [-0.2, 0) is 4.79 Å². The number of pyridine rings is 1. The molecule has 0 spiro atoms. The van der Waals surface area contributed by atoms with Crippen LogP contribution in [0.1, 0.15) is 0 Å². The summed E-state index contributed by atoms with van der Waals surface area (Å²) < 4.78 is 0.841. The van der Waals surface area contributed by atoms with E-state index in [4.69, 9.17) is 0 Å². The van der Waals surface area contributed by atoms with Crippen LogP contribution in [0.3, 0.4) is 0 Å². The summed E-state index contributed by atoms with van der Waals surface area (Å²) in [7, 11) is 0. The topological polar surface area (TPSA) is 77.8 Å². The molecule has 0 bridgehead atoms. The van der Waals surface area contributed by atoms with Crippen molar-refractivity contribution in [1.82, 2.24) is 4.98 Å². The molecule has 1 amide bonds. The van der Waals surface area contributed by atoms with Crippen LogP contribution in [0.15, 0.2) is 99.0 Å². The maximum Gasteiger partial charge on any atom is 0.267 e. The number of carbonyl (C=O) groups excluding carboxylic acids is 1. The molecular formula is C21H15BrN4OS. The van der Waals surface area contributed by atoms with E-state index in [1.807, 2.05) is 60.7 Å². The number of para-hydroxylation sites is 1. The molecule has 3 rings (SSSR count). The molecule has 1 aromatic heterocycles. The number of aromatic nitrogens is 1. The lowest BCUT2D eigenvalue weighted by molar-refractivity contribution is -0.112. The van der Waals surface area contributed by atoms with E-state index in [1.165, 1.54) is 18.0 Å². The molecule has 5 nitrogen and oxygen atoms in total. The predicted molar refractivity (Wildman–Crippen MR) is 115 cm³/mol. The first kappa shape index (κ1) is 19.7. The molecule has 3 aromatic rings. The van der Waals surface area contributed by atoms with Gasteiger partial charge in [-0.1, -0.05) is 58.0 Å². The summed E-state index contributed by atoms with van der Waals surface area (Å²) in [6.07, 6.45) is 2.96. The molecule has 0 unspecified atom stereocenters. The van der Waals surface area contributed by atoms with E-state index in [0.29, 0.717) is 11.5 Å². The Balaban J connectivity index is 1.74. The van der Waals surface area contributed by atoms with E-state index < -0.39 is 5.91 Å². The van der Waals surface area contributed by atoms with Crippen LogP contribution >= 0.6 is 27.7 Å². The first-order valence-electron chi connectivity index (χ1n) is 8.27. The average Bonchev–Trinajstić information content (AvgIpc) is 2.71. The molecular weight excluding hydrogens is 436 g/mol. The summed E-state index contributed by atoms with van der Waals surface area (Å²) in [5, 5.41) is 15.0. The molecule has 0 radical (unpaired) electrons. The molecule has 0 aliphatic heterocycles. The van der Waals surface area contributed by atoms with Crippen LogP contribution in [0.2, 0.25) is 0 Å². The first-order chi connectivity index (χ1) is 13.7. The van der Waals surface area contributed by atoms with Gasteiger partial charge in [0.15, 0.2) is 0 Å². The second kappa shape index (κ2) is 9.74. The lowest BCUT2D eigenvalue weighted by atomic mass is 10.2. The summed E-state index contributed by atoms with van der Waals surface area (Å²) in [5.41, 5.74) is 0.587. The highest BCUT2D eigenvalue weighted by atomic mass is 79.9. The van der Waals surface area contributed by atoms with Gasteiger partial charge in [0, 0.05) is 26.7 Å². The number of nitriles is 1. The standard InChI is InChI=1S/C21H15BrN4OS/c22-16-10-11-24-20(12-16)25-14-15(13-23)21(27)26-18-8-4-5-9-19(18)28-17-6-2-1-3-7-17/h1-12,14H,(H,24,25)(H,26,27)/b15-14-. The predicted octanol–water partition coefficient (Wildman–Crippen LogP) is 5.45. The van der Waals surface area contributed by atoms with Gasteiger partial charge in [0.25, 0.3) is 5.91 Å². The van der Waals surface area contributed by atoms with E-state index in [0.717, 1.165) is 14.3 Å². The van der Waals surface area contributed by atoms with Crippen molar-refractivity contribution in [2.45, 2.75) is 9.79 Å². The summed E-state index contributed by atoms with van der Waals surface area (Å²) in [5.74, 6) is 0.0288. The Hall–Kier alpha value is -3.08. The third-order valence-corrected chi connectivity index (χ3v) is 5.13. The maximum atomic E-state index is 12.6. The average molecular weight is 451 g/mol. The van der Waals surface area contributed by atoms with Crippen LogP contribution < -0.4 is 10.6 Å². The van der Waals surface area contributed by atoms with Gasteiger partial charge in [-0.2, -0.15) is 5.26 Å². The smallest absolute Gasteiger partial charge is 0.267 e. The van der Waals surface area contributed by atoms with Crippen LogP contribution in [0.4, 0.5) is 11.5 Å². The van der Waals surface area contributed by atoms with E-state index in [9.17, 15) is 10.1 Å². The van der Waals surface area contributed by atoms with E-state index >= 15 is 0 Å². The quantitative estimate of drug-likeness (QED) is 0.385. The zero-order valence-corrected chi connectivity index (χ0v) is 17.0. The summed E-state index contributed by atoms with van der Waals surface area (Å²) in [6.45, 7) is 0. The number of rotatable bonds is 6. The number of amides is 1. The van der Waals surface area contributed by atoms with Gasteiger partial charge in [0.1, 0.15) is 17.5 Å². The van der Waals surface area contributed by atoms with Gasteiger partial charge in [-0.15, -0.1) is 0 Å². The molecule has 0 saturated heterocycles. The van der Waals surface area contributed by atoms with Crippen LogP contribution in [-0.4, -0.2) is 10.9 Å². The van der Waals surface area contributed by atoms with Crippen molar-refractivity contribution in [2.75, 3.05) is 10.6 Å². The van der Waals surface area contributed by atoms with Crippen LogP contribution in [0.25, 0.3) is 0 Å². The molecule has 0 aliphatic carbocycles. The highest BCUT2D eigenvalue weighted by Gasteiger charge is 2.12. The van der Waals surface area contributed by atoms with Crippen molar-refractivity contribution >= 4 is 45.1 Å². The summed E-state index contributed by atoms with van der Waals surface area (Å²) in [4.78, 5) is 18.6. The highest BCUT2D eigenvalue weighted by molar-refractivity contribution is 9.10. The Bertz CT molecular complexity index is 1050. The minimum atomic E-state index is -0.494. The Labute approximate surface area is 175 Å². The van der Waals surface area contributed by atoms with Crippen molar-refractivity contribution in [3.05, 3.63) is 89.2 Å². The molecule has 1 heterocycles.